The maximum Gasteiger partial charge on any atom is 0.320 e. The van der Waals surface area contributed by atoms with E-state index in [9.17, 15) is 14.7 Å². The number of carbonyl (C=O) groups excluding carboxylic acids is 2. The molecule has 8 heteroatoms. The molecule has 3 aliphatic rings. The van der Waals surface area contributed by atoms with E-state index in [0.717, 1.165) is 44.9 Å². The Kier molecular flexibility index (Phi) is 7.43. The maximum atomic E-state index is 13.8. The number of rotatable bonds is 9. The SMILES string of the molecule is CN(C)[C@]1(c2ccccc2)CC[C@]2(CC1)CN(CC(C)(C)C(=O)NCCO)C(=O)N2CC1(O)CCC1. The number of aliphatic hydroxyl groups is 2. The van der Waals surface area contributed by atoms with E-state index in [2.05, 4.69) is 48.6 Å². The standard InChI is InChI=1S/C28H44N4O4/c1-25(2,23(34)29-17-18-33)19-31-20-26(32(24(31)35)21-27(36)11-8-12-27)13-15-28(16-14-26,30(3)4)22-9-6-5-7-10-22/h5-7,9-10,33,36H,8,11-21H2,1-4H3,(H,29,34)/t26-,28+. The smallest absolute Gasteiger partial charge is 0.320 e. The predicted molar refractivity (Wildman–Crippen MR) is 139 cm³/mol. The zero-order chi connectivity index (χ0) is 26.2. The quantitative estimate of drug-likeness (QED) is 0.484. The van der Waals surface area contributed by atoms with Gasteiger partial charge < -0.3 is 25.3 Å². The molecule has 3 amide bonds. The van der Waals surface area contributed by atoms with Crippen LogP contribution in [0.15, 0.2) is 30.3 Å². The molecule has 1 aromatic rings. The summed E-state index contributed by atoms with van der Waals surface area (Å²) >= 11 is 0. The Bertz CT molecular complexity index is 936. The third kappa shape index (κ3) is 4.87. The summed E-state index contributed by atoms with van der Waals surface area (Å²) in [5.74, 6) is -0.172. The zero-order valence-corrected chi connectivity index (χ0v) is 22.4. The minimum atomic E-state index is -0.803. The number of aliphatic hydroxyl groups excluding tert-OH is 1. The van der Waals surface area contributed by atoms with E-state index in [1.54, 1.807) is 0 Å². The number of amides is 3. The van der Waals surface area contributed by atoms with Crippen molar-refractivity contribution >= 4 is 11.9 Å². The molecule has 8 nitrogen and oxygen atoms in total. The maximum absolute atomic E-state index is 13.8. The Labute approximate surface area is 215 Å². The molecular formula is C28H44N4O4. The molecule has 0 unspecified atom stereocenters. The number of nitrogens with zero attached hydrogens (tertiary/aromatic N) is 3. The molecule has 0 bridgehead atoms. The van der Waals surface area contributed by atoms with Crippen LogP contribution in [0.1, 0.15) is 64.4 Å². The average Bonchev–Trinajstić information content (AvgIpc) is 3.07. The lowest BCUT2D eigenvalue weighted by Gasteiger charge is -2.52. The van der Waals surface area contributed by atoms with Crippen molar-refractivity contribution in [1.82, 2.24) is 20.0 Å². The Balaban J connectivity index is 1.58. The van der Waals surface area contributed by atoms with Crippen LogP contribution in [-0.4, -0.2) is 94.9 Å². The van der Waals surface area contributed by atoms with Crippen LogP contribution in [0, 0.1) is 5.41 Å². The van der Waals surface area contributed by atoms with Crippen molar-refractivity contribution in [3.05, 3.63) is 35.9 Å². The highest BCUT2D eigenvalue weighted by atomic mass is 16.3. The van der Waals surface area contributed by atoms with Crippen molar-refractivity contribution in [2.45, 2.75) is 75.5 Å². The molecule has 1 aromatic carbocycles. The summed E-state index contributed by atoms with van der Waals surface area (Å²) in [6, 6.07) is 10.6. The summed E-state index contributed by atoms with van der Waals surface area (Å²) in [5.41, 5.74) is -0.735. The van der Waals surface area contributed by atoms with E-state index in [-0.39, 0.29) is 36.2 Å². The summed E-state index contributed by atoms with van der Waals surface area (Å²) in [5, 5.41) is 22.9. The molecule has 4 rings (SSSR count). The van der Waals surface area contributed by atoms with Crippen molar-refractivity contribution in [3.8, 4) is 0 Å². The minimum absolute atomic E-state index is 0.0737. The number of hydrogen-bond donors (Lipinski definition) is 3. The first-order valence-electron chi connectivity index (χ1n) is 13.4. The summed E-state index contributed by atoms with van der Waals surface area (Å²) < 4.78 is 0. The van der Waals surface area contributed by atoms with Crippen LogP contribution in [-0.2, 0) is 10.3 Å². The van der Waals surface area contributed by atoms with Gasteiger partial charge >= 0.3 is 6.03 Å². The van der Waals surface area contributed by atoms with Crippen LogP contribution in [0.25, 0.3) is 0 Å². The van der Waals surface area contributed by atoms with Gasteiger partial charge in [-0.15, -0.1) is 0 Å². The molecule has 0 atom stereocenters. The van der Waals surface area contributed by atoms with Crippen molar-refractivity contribution in [2.24, 2.45) is 5.41 Å². The third-order valence-electron chi connectivity index (χ3n) is 9.07. The highest BCUT2D eigenvalue weighted by Gasteiger charge is 2.57. The Morgan fingerprint density at radius 1 is 1.08 bits per heavy atom. The van der Waals surface area contributed by atoms with E-state index in [0.29, 0.717) is 19.6 Å². The number of nitrogens with one attached hydrogen (secondary N) is 1. The van der Waals surface area contributed by atoms with Crippen LogP contribution in [0.3, 0.4) is 0 Å². The lowest BCUT2D eigenvalue weighted by atomic mass is 9.67. The van der Waals surface area contributed by atoms with Crippen molar-refractivity contribution < 1.29 is 19.8 Å². The van der Waals surface area contributed by atoms with E-state index >= 15 is 0 Å². The van der Waals surface area contributed by atoms with Gasteiger partial charge in [0.2, 0.25) is 5.91 Å². The third-order valence-corrected chi connectivity index (χ3v) is 9.07. The minimum Gasteiger partial charge on any atom is -0.395 e. The molecular weight excluding hydrogens is 456 g/mol. The second kappa shape index (κ2) is 9.95. The number of β-amino-alcohol motifs (C(OH)–C–C–N with tert-alkyl or cyclic N) is 1. The summed E-state index contributed by atoms with van der Waals surface area (Å²) in [6.07, 6.45) is 5.97. The molecule has 1 aliphatic heterocycles. The summed E-state index contributed by atoms with van der Waals surface area (Å²) in [6.45, 7) is 5.00. The molecule has 1 saturated heterocycles. The van der Waals surface area contributed by atoms with E-state index in [4.69, 9.17) is 5.11 Å². The van der Waals surface area contributed by atoms with Gasteiger partial charge in [-0.25, -0.2) is 4.79 Å². The van der Waals surface area contributed by atoms with Crippen LogP contribution in [0.5, 0.6) is 0 Å². The summed E-state index contributed by atoms with van der Waals surface area (Å²) in [4.78, 5) is 32.7. The monoisotopic (exact) mass is 500 g/mol. The first kappa shape index (κ1) is 26.9. The molecule has 1 spiro atoms. The molecule has 3 N–H and O–H groups in total. The van der Waals surface area contributed by atoms with Gasteiger partial charge in [0.1, 0.15) is 0 Å². The van der Waals surface area contributed by atoms with Gasteiger partial charge in [-0.05, 0) is 78.5 Å². The lowest BCUT2D eigenvalue weighted by molar-refractivity contribution is -0.130. The second-order valence-electron chi connectivity index (χ2n) is 12.2. The van der Waals surface area contributed by atoms with Gasteiger partial charge in [-0.3, -0.25) is 9.69 Å². The molecule has 200 valence electrons. The lowest BCUT2D eigenvalue weighted by Crippen LogP contribution is -2.59. The molecule has 1 heterocycles. The normalized spacial score (nSPS) is 28.0. The van der Waals surface area contributed by atoms with Crippen LogP contribution < -0.4 is 5.32 Å². The molecule has 0 aromatic heterocycles. The summed E-state index contributed by atoms with van der Waals surface area (Å²) in [7, 11) is 4.28. The fraction of sp³-hybridized carbons (Fsp3) is 0.714. The van der Waals surface area contributed by atoms with Gasteiger partial charge in [0.25, 0.3) is 0 Å². The van der Waals surface area contributed by atoms with Crippen molar-refractivity contribution in [1.29, 1.82) is 0 Å². The van der Waals surface area contributed by atoms with Gasteiger partial charge in [0.15, 0.2) is 0 Å². The van der Waals surface area contributed by atoms with E-state index in [1.165, 1.54) is 5.56 Å². The predicted octanol–water partition coefficient (Wildman–Crippen LogP) is 2.54. The van der Waals surface area contributed by atoms with Gasteiger partial charge in [0, 0.05) is 25.2 Å². The van der Waals surface area contributed by atoms with Gasteiger partial charge in [0.05, 0.1) is 29.7 Å². The van der Waals surface area contributed by atoms with Crippen molar-refractivity contribution in [2.75, 3.05) is 46.9 Å². The fourth-order valence-electron chi connectivity index (χ4n) is 6.54. The number of urea groups is 1. The fourth-order valence-corrected chi connectivity index (χ4v) is 6.54. The topological polar surface area (TPSA) is 96.3 Å². The Morgan fingerprint density at radius 2 is 1.72 bits per heavy atom. The number of benzene rings is 1. The van der Waals surface area contributed by atoms with Gasteiger partial charge in [-0.1, -0.05) is 30.3 Å². The zero-order valence-electron chi connectivity index (χ0n) is 22.4. The first-order valence-corrected chi connectivity index (χ1v) is 13.4. The number of hydrogen-bond acceptors (Lipinski definition) is 5. The molecule has 36 heavy (non-hydrogen) atoms. The van der Waals surface area contributed by atoms with E-state index in [1.807, 2.05) is 29.7 Å². The Morgan fingerprint density at radius 3 is 2.25 bits per heavy atom. The highest BCUT2D eigenvalue weighted by Crippen LogP contribution is 2.50. The molecule has 2 aliphatic carbocycles. The van der Waals surface area contributed by atoms with Crippen LogP contribution >= 0.6 is 0 Å². The molecule has 2 saturated carbocycles. The highest BCUT2D eigenvalue weighted by molar-refractivity contribution is 5.84. The Hall–Kier alpha value is -2.16. The van der Waals surface area contributed by atoms with E-state index < -0.39 is 11.0 Å². The van der Waals surface area contributed by atoms with Gasteiger partial charge in [-0.2, -0.15) is 0 Å². The largest absolute Gasteiger partial charge is 0.395 e. The van der Waals surface area contributed by atoms with Crippen molar-refractivity contribution in [3.63, 3.8) is 0 Å². The molecule has 0 radical (unpaired) electrons. The van der Waals surface area contributed by atoms with Crippen LogP contribution in [0.4, 0.5) is 4.79 Å². The second-order valence-corrected chi connectivity index (χ2v) is 12.2. The van der Waals surface area contributed by atoms with Crippen LogP contribution in [0.2, 0.25) is 0 Å². The first-order chi connectivity index (χ1) is 17.0. The average molecular weight is 501 g/mol. The number of carbonyl (C=O) groups is 2. The molecule has 3 fully saturated rings.